The van der Waals surface area contributed by atoms with E-state index in [4.69, 9.17) is 10.5 Å². The van der Waals surface area contributed by atoms with Gasteiger partial charge in [0.1, 0.15) is 5.75 Å². The van der Waals surface area contributed by atoms with Crippen LogP contribution in [0.4, 0.5) is 0 Å². The van der Waals surface area contributed by atoms with Gasteiger partial charge < -0.3 is 10.5 Å². The summed E-state index contributed by atoms with van der Waals surface area (Å²) in [6.07, 6.45) is 2.70. The molecule has 2 nitrogen and oxygen atoms in total. The van der Waals surface area contributed by atoms with E-state index in [0.29, 0.717) is 6.61 Å². The van der Waals surface area contributed by atoms with Crippen molar-refractivity contribution in [3.8, 4) is 5.75 Å². The SMILES string of the molecule is C=CCCOc1ccc(C)cc1C(C)N. The number of aryl methyl sites for hydroxylation is 1. The van der Waals surface area contributed by atoms with Gasteiger partial charge in [-0.1, -0.05) is 23.8 Å². The maximum atomic E-state index is 5.89. The monoisotopic (exact) mass is 205 g/mol. The van der Waals surface area contributed by atoms with E-state index >= 15 is 0 Å². The zero-order chi connectivity index (χ0) is 11.3. The predicted molar refractivity (Wildman–Crippen MR) is 64.1 cm³/mol. The highest BCUT2D eigenvalue weighted by atomic mass is 16.5. The molecule has 0 radical (unpaired) electrons. The maximum absolute atomic E-state index is 5.89. The summed E-state index contributed by atoms with van der Waals surface area (Å²) in [6.45, 7) is 8.34. The first-order chi connectivity index (χ1) is 7.15. The molecular formula is C13H19NO. The van der Waals surface area contributed by atoms with Gasteiger partial charge in [-0.2, -0.15) is 0 Å². The Labute approximate surface area is 91.7 Å². The van der Waals surface area contributed by atoms with E-state index in [2.05, 4.69) is 19.6 Å². The van der Waals surface area contributed by atoms with Crippen LogP contribution in [-0.4, -0.2) is 6.61 Å². The summed E-state index contributed by atoms with van der Waals surface area (Å²) in [7, 11) is 0. The van der Waals surface area contributed by atoms with Crippen molar-refractivity contribution in [1.29, 1.82) is 0 Å². The third-order valence-electron chi connectivity index (χ3n) is 2.24. The Morgan fingerprint density at radius 2 is 2.27 bits per heavy atom. The predicted octanol–water partition coefficient (Wildman–Crippen LogP) is 2.97. The minimum Gasteiger partial charge on any atom is -0.493 e. The third kappa shape index (κ3) is 3.40. The number of rotatable bonds is 5. The fraction of sp³-hybridized carbons (Fsp3) is 0.385. The number of benzene rings is 1. The second kappa shape index (κ2) is 5.56. The Morgan fingerprint density at radius 1 is 1.53 bits per heavy atom. The molecule has 0 aliphatic rings. The number of ether oxygens (including phenoxy) is 1. The molecule has 0 fully saturated rings. The van der Waals surface area contributed by atoms with Crippen molar-refractivity contribution in [2.24, 2.45) is 5.73 Å². The average molecular weight is 205 g/mol. The van der Waals surface area contributed by atoms with Crippen molar-refractivity contribution in [3.63, 3.8) is 0 Å². The van der Waals surface area contributed by atoms with E-state index in [1.165, 1.54) is 5.56 Å². The van der Waals surface area contributed by atoms with Gasteiger partial charge in [0.2, 0.25) is 0 Å². The van der Waals surface area contributed by atoms with Crippen LogP contribution in [0.15, 0.2) is 30.9 Å². The molecule has 1 unspecified atom stereocenters. The standard InChI is InChI=1S/C13H19NO/c1-4-5-8-15-13-7-6-10(2)9-12(13)11(3)14/h4,6-7,9,11H,1,5,8,14H2,2-3H3. The molecule has 0 aliphatic heterocycles. The molecule has 0 bridgehead atoms. The van der Waals surface area contributed by atoms with Crippen molar-refractivity contribution in [3.05, 3.63) is 42.0 Å². The normalized spacial score (nSPS) is 12.2. The minimum atomic E-state index is 0.00336. The molecule has 1 aromatic rings. The fourth-order valence-corrected chi connectivity index (χ4v) is 1.41. The van der Waals surface area contributed by atoms with Gasteiger partial charge in [0.25, 0.3) is 0 Å². The molecule has 15 heavy (non-hydrogen) atoms. The molecule has 0 aliphatic carbocycles. The van der Waals surface area contributed by atoms with Crippen molar-refractivity contribution in [1.82, 2.24) is 0 Å². The van der Waals surface area contributed by atoms with Crippen LogP contribution in [0.3, 0.4) is 0 Å². The molecule has 2 N–H and O–H groups in total. The van der Waals surface area contributed by atoms with E-state index in [9.17, 15) is 0 Å². The van der Waals surface area contributed by atoms with Gasteiger partial charge >= 0.3 is 0 Å². The maximum Gasteiger partial charge on any atom is 0.124 e. The molecular weight excluding hydrogens is 186 g/mol. The molecule has 2 heteroatoms. The summed E-state index contributed by atoms with van der Waals surface area (Å²) >= 11 is 0. The zero-order valence-electron chi connectivity index (χ0n) is 9.49. The van der Waals surface area contributed by atoms with E-state index in [1.54, 1.807) is 0 Å². The minimum absolute atomic E-state index is 0.00336. The van der Waals surface area contributed by atoms with E-state index < -0.39 is 0 Å². The number of nitrogens with two attached hydrogens (primary N) is 1. The highest BCUT2D eigenvalue weighted by Crippen LogP contribution is 2.25. The number of hydrogen-bond acceptors (Lipinski definition) is 2. The summed E-state index contributed by atoms with van der Waals surface area (Å²) in [5.74, 6) is 0.887. The van der Waals surface area contributed by atoms with Crippen LogP contribution < -0.4 is 10.5 Å². The lowest BCUT2D eigenvalue weighted by Gasteiger charge is -2.14. The van der Waals surface area contributed by atoms with Crippen LogP contribution in [0.25, 0.3) is 0 Å². The zero-order valence-corrected chi connectivity index (χ0v) is 9.49. The summed E-state index contributed by atoms with van der Waals surface area (Å²) in [6, 6.07) is 6.10. The van der Waals surface area contributed by atoms with Gasteiger partial charge in [-0.05, 0) is 26.3 Å². The van der Waals surface area contributed by atoms with Crippen LogP contribution in [0.5, 0.6) is 5.75 Å². The Bertz CT molecular complexity index is 331. The topological polar surface area (TPSA) is 35.2 Å². The molecule has 1 aromatic carbocycles. The number of hydrogen-bond donors (Lipinski definition) is 1. The lowest BCUT2D eigenvalue weighted by atomic mass is 10.1. The van der Waals surface area contributed by atoms with Crippen LogP contribution >= 0.6 is 0 Å². The summed E-state index contributed by atoms with van der Waals surface area (Å²) in [4.78, 5) is 0. The largest absolute Gasteiger partial charge is 0.493 e. The molecule has 0 amide bonds. The van der Waals surface area contributed by atoms with Crippen LogP contribution in [0.1, 0.15) is 30.5 Å². The summed E-state index contributed by atoms with van der Waals surface area (Å²) in [5.41, 5.74) is 8.16. The van der Waals surface area contributed by atoms with Gasteiger partial charge in [0.05, 0.1) is 6.61 Å². The van der Waals surface area contributed by atoms with Crippen LogP contribution in [0, 0.1) is 6.92 Å². The Kier molecular flexibility index (Phi) is 4.37. The molecule has 1 atom stereocenters. The second-order valence-corrected chi connectivity index (χ2v) is 3.76. The second-order valence-electron chi connectivity index (χ2n) is 3.76. The molecule has 0 saturated heterocycles. The first-order valence-corrected chi connectivity index (χ1v) is 5.25. The van der Waals surface area contributed by atoms with Gasteiger partial charge in [-0.25, -0.2) is 0 Å². The van der Waals surface area contributed by atoms with Crippen molar-refractivity contribution in [2.45, 2.75) is 26.3 Å². The molecule has 0 spiro atoms. The Morgan fingerprint density at radius 3 is 2.87 bits per heavy atom. The van der Waals surface area contributed by atoms with Gasteiger partial charge in [0.15, 0.2) is 0 Å². The Hall–Kier alpha value is -1.28. The van der Waals surface area contributed by atoms with Gasteiger partial charge in [-0.3, -0.25) is 0 Å². The molecule has 1 rings (SSSR count). The van der Waals surface area contributed by atoms with Crippen LogP contribution in [0.2, 0.25) is 0 Å². The lowest BCUT2D eigenvalue weighted by molar-refractivity contribution is 0.320. The van der Waals surface area contributed by atoms with E-state index in [1.807, 2.05) is 25.1 Å². The molecule has 0 heterocycles. The van der Waals surface area contributed by atoms with E-state index in [0.717, 1.165) is 17.7 Å². The van der Waals surface area contributed by atoms with Gasteiger partial charge in [0, 0.05) is 11.6 Å². The van der Waals surface area contributed by atoms with Crippen molar-refractivity contribution in [2.75, 3.05) is 6.61 Å². The Balaban J connectivity index is 2.81. The third-order valence-corrected chi connectivity index (χ3v) is 2.24. The first kappa shape index (κ1) is 11.8. The first-order valence-electron chi connectivity index (χ1n) is 5.25. The summed E-state index contributed by atoms with van der Waals surface area (Å²) in [5, 5.41) is 0. The van der Waals surface area contributed by atoms with Crippen molar-refractivity contribution < 1.29 is 4.74 Å². The quantitative estimate of drug-likeness (QED) is 0.592. The fourth-order valence-electron chi connectivity index (χ4n) is 1.41. The molecule has 82 valence electrons. The molecule has 0 aromatic heterocycles. The highest BCUT2D eigenvalue weighted by Gasteiger charge is 2.07. The highest BCUT2D eigenvalue weighted by molar-refractivity contribution is 5.38. The average Bonchev–Trinajstić information content (AvgIpc) is 2.20. The summed E-state index contributed by atoms with van der Waals surface area (Å²) < 4.78 is 5.64. The van der Waals surface area contributed by atoms with Crippen LogP contribution in [-0.2, 0) is 0 Å². The lowest BCUT2D eigenvalue weighted by Crippen LogP contribution is -2.08. The smallest absolute Gasteiger partial charge is 0.124 e. The van der Waals surface area contributed by atoms with Crippen molar-refractivity contribution >= 4 is 0 Å². The van der Waals surface area contributed by atoms with Gasteiger partial charge in [-0.15, -0.1) is 6.58 Å². The molecule has 0 saturated carbocycles. The van der Waals surface area contributed by atoms with E-state index in [-0.39, 0.29) is 6.04 Å².